The van der Waals surface area contributed by atoms with Crippen molar-refractivity contribution in [3.8, 4) is 0 Å². The molecule has 0 spiro atoms. The van der Waals surface area contributed by atoms with Crippen LogP contribution in [0, 0.1) is 0 Å². The molecule has 0 aliphatic carbocycles. The van der Waals surface area contributed by atoms with Gasteiger partial charge in [-0.2, -0.15) is 0 Å². The van der Waals surface area contributed by atoms with Crippen LogP contribution in [0.25, 0.3) is 10.9 Å². The fourth-order valence-corrected chi connectivity index (χ4v) is 1.82. The minimum atomic E-state index is -0.631. The molecule has 0 aliphatic rings. The van der Waals surface area contributed by atoms with Gasteiger partial charge in [0.2, 0.25) is 0 Å². The number of rotatable bonds is 3. The van der Waals surface area contributed by atoms with Crippen LogP contribution < -0.4 is 5.32 Å². The van der Waals surface area contributed by atoms with Gasteiger partial charge in [0.05, 0.1) is 11.2 Å². The van der Waals surface area contributed by atoms with E-state index in [1.54, 1.807) is 25.3 Å². The lowest BCUT2D eigenvalue weighted by Gasteiger charge is -2.08. The van der Waals surface area contributed by atoms with Crippen LogP contribution in [-0.2, 0) is 4.79 Å². The number of fused-ring (bicyclic) bond motifs is 1. The Labute approximate surface area is 129 Å². The maximum absolute atomic E-state index is 13.3. The molecule has 0 aliphatic heterocycles. The van der Waals surface area contributed by atoms with Crippen molar-refractivity contribution in [2.45, 2.75) is 27.7 Å². The zero-order valence-electron chi connectivity index (χ0n) is 13.2. The lowest BCUT2D eigenvalue weighted by Crippen LogP contribution is -2.14. The maximum Gasteiger partial charge on any atom is 0.276 e. The third-order valence-electron chi connectivity index (χ3n) is 2.68. The van der Waals surface area contributed by atoms with Crippen LogP contribution in [-0.4, -0.2) is 17.1 Å². The summed E-state index contributed by atoms with van der Waals surface area (Å²) in [7, 11) is 0. The minimum Gasteiger partial charge on any atom is -0.319 e. The van der Waals surface area contributed by atoms with Crippen LogP contribution in [0.4, 0.5) is 10.1 Å². The summed E-state index contributed by atoms with van der Waals surface area (Å²) >= 11 is 0. The van der Waals surface area contributed by atoms with Gasteiger partial charge in [-0.25, -0.2) is 4.39 Å². The summed E-state index contributed by atoms with van der Waals surface area (Å²) in [5.74, 6) is -1.23. The molecular weight excluding hydrogens is 281 g/mol. The number of carbonyl (C=O) groups excluding carboxylic acids is 1. The highest BCUT2D eigenvalue weighted by Crippen LogP contribution is 2.21. The van der Waals surface area contributed by atoms with E-state index in [4.69, 9.17) is 0 Å². The summed E-state index contributed by atoms with van der Waals surface area (Å²) in [6.07, 6.45) is 3.01. The monoisotopic (exact) mass is 301 g/mol. The second-order valence-electron chi connectivity index (χ2n) is 4.10. The van der Waals surface area contributed by atoms with E-state index in [0.717, 1.165) is 5.39 Å². The van der Waals surface area contributed by atoms with Crippen molar-refractivity contribution in [2.24, 2.45) is 4.99 Å². The molecule has 4 nitrogen and oxygen atoms in total. The van der Waals surface area contributed by atoms with Crippen molar-refractivity contribution < 1.29 is 9.18 Å². The molecule has 0 bridgehead atoms. The first kappa shape index (κ1) is 17.5. The summed E-state index contributed by atoms with van der Waals surface area (Å²) in [6, 6.07) is 9.10. The van der Waals surface area contributed by atoms with Gasteiger partial charge in [-0.15, -0.1) is 0 Å². The molecule has 0 unspecified atom stereocenters. The molecule has 1 aromatic carbocycles. The van der Waals surface area contributed by atoms with Crippen LogP contribution in [0.2, 0.25) is 0 Å². The molecule has 1 amide bonds. The Kier molecular flexibility index (Phi) is 6.89. The fourth-order valence-electron chi connectivity index (χ4n) is 1.82. The summed E-state index contributed by atoms with van der Waals surface area (Å²) in [4.78, 5) is 20.0. The minimum absolute atomic E-state index is 0.236. The number of aromatic nitrogens is 1. The molecule has 2 rings (SSSR count). The number of para-hydroxylation sites is 1. The largest absolute Gasteiger partial charge is 0.319 e. The molecule has 0 atom stereocenters. The number of hydrogen-bond donors (Lipinski definition) is 1. The predicted molar refractivity (Wildman–Crippen MR) is 89.7 cm³/mol. The van der Waals surface area contributed by atoms with Crippen molar-refractivity contribution in [2.75, 3.05) is 5.32 Å². The molecule has 0 radical (unpaired) electrons. The summed E-state index contributed by atoms with van der Waals surface area (Å²) < 4.78 is 13.3. The van der Waals surface area contributed by atoms with Gasteiger partial charge in [0.25, 0.3) is 5.91 Å². The van der Waals surface area contributed by atoms with E-state index in [-0.39, 0.29) is 5.70 Å². The number of pyridine rings is 1. The van der Waals surface area contributed by atoms with E-state index in [9.17, 15) is 9.18 Å². The van der Waals surface area contributed by atoms with E-state index in [1.807, 2.05) is 32.0 Å². The van der Waals surface area contributed by atoms with Crippen molar-refractivity contribution in [1.82, 2.24) is 4.98 Å². The molecule has 0 fully saturated rings. The Morgan fingerprint density at radius 1 is 1.27 bits per heavy atom. The number of carbonyl (C=O) groups is 1. The molecule has 2 aromatic rings. The number of allylic oxidation sites excluding steroid dienone is 1. The first-order chi connectivity index (χ1) is 10.6. The zero-order chi connectivity index (χ0) is 16.5. The van der Waals surface area contributed by atoms with Gasteiger partial charge in [-0.05, 0) is 26.0 Å². The summed E-state index contributed by atoms with van der Waals surface area (Å²) in [5, 5.41) is 3.53. The predicted octanol–water partition coefficient (Wildman–Crippen LogP) is 4.49. The zero-order valence-corrected chi connectivity index (χ0v) is 13.2. The summed E-state index contributed by atoms with van der Waals surface area (Å²) in [6.45, 7) is 6.82. The molecule has 116 valence electrons. The Hall–Kier alpha value is -2.56. The topological polar surface area (TPSA) is 54.4 Å². The van der Waals surface area contributed by atoms with Crippen LogP contribution in [0.5, 0.6) is 0 Å². The highest BCUT2D eigenvalue weighted by molar-refractivity contribution is 6.08. The van der Waals surface area contributed by atoms with Crippen LogP contribution in [0.3, 0.4) is 0 Å². The quantitative estimate of drug-likeness (QED) is 0.670. The molecular formula is C17H20FN3O. The maximum atomic E-state index is 13.3. The van der Waals surface area contributed by atoms with Crippen LogP contribution >= 0.6 is 0 Å². The number of anilines is 1. The first-order valence-electron chi connectivity index (χ1n) is 7.13. The molecule has 1 heterocycles. The van der Waals surface area contributed by atoms with Gasteiger partial charge in [0, 0.05) is 17.8 Å². The number of halogens is 1. The van der Waals surface area contributed by atoms with Crippen molar-refractivity contribution in [3.63, 3.8) is 0 Å². The van der Waals surface area contributed by atoms with Crippen molar-refractivity contribution in [3.05, 3.63) is 48.1 Å². The number of nitrogens with zero attached hydrogens (tertiary/aromatic N) is 2. The number of aliphatic imine (C=N–C) groups is 1. The standard InChI is InChI=1S/C15H14FN3O.C2H6/c1-3-17-13(10(2)16)15(20)19-12-8-4-6-11-7-5-9-18-14(11)12;1-2/h3-9H,1-2H3,(H,19,20);1-2H3/b13-10+,17-3?;. The van der Waals surface area contributed by atoms with E-state index in [2.05, 4.69) is 15.3 Å². The first-order valence-corrected chi connectivity index (χ1v) is 7.13. The second kappa shape index (κ2) is 8.67. The van der Waals surface area contributed by atoms with Gasteiger partial charge in [-0.1, -0.05) is 32.0 Å². The molecule has 0 saturated heterocycles. The SMILES string of the molecule is CC.CC=N/C(C(=O)Nc1cccc2cccnc12)=C(\C)F. The lowest BCUT2D eigenvalue weighted by molar-refractivity contribution is -0.113. The van der Waals surface area contributed by atoms with Crippen LogP contribution in [0.15, 0.2) is 53.0 Å². The van der Waals surface area contributed by atoms with Gasteiger partial charge < -0.3 is 5.32 Å². The summed E-state index contributed by atoms with van der Waals surface area (Å²) in [5.41, 5.74) is 0.943. The molecule has 1 aromatic heterocycles. The van der Waals surface area contributed by atoms with E-state index >= 15 is 0 Å². The van der Waals surface area contributed by atoms with Crippen molar-refractivity contribution in [1.29, 1.82) is 0 Å². The van der Waals surface area contributed by atoms with E-state index < -0.39 is 11.7 Å². The van der Waals surface area contributed by atoms with Gasteiger partial charge in [0.1, 0.15) is 5.83 Å². The molecule has 1 N–H and O–H groups in total. The average Bonchev–Trinajstić information content (AvgIpc) is 2.54. The Balaban J connectivity index is 0.00000116. The van der Waals surface area contributed by atoms with E-state index in [1.165, 1.54) is 13.1 Å². The Bertz CT molecular complexity index is 699. The number of benzene rings is 1. The Morgan fingerprint density at radius 2 is 1.95 bits per heavy atom. The smallest absolute Gasteiger partial charge is 0.276 e. The fraction of sp³-hybridized carbons (Fsp3) is 0.235. The van der Waals surface area contributed by atoms with Gasteiger partial charge in [-0.3, -0.25) is 14.8 Å². The molecule has 0 saturated carbocycles. The molecule has 5 heteroatoms. The normalized spacial score (nSPS) is 11.7. The second-order valence-corrected chi connectivity index (χ2v) is 4.10. The van der Waals surface area contributed by atoms with E-state index in [0.29, 0.717) is 11.2 Å². The van der Waals surface area contributed by atoms with Gasteiger partial charge >= 0.3 is 0 Å². The average molecular weight is 301 g/mol. The lowest BCUT2D eigenvalue weighted by atomic mass is 10.2. The Morgan fingerprint density at radius 3 is 2.59 bits per heavy atom. The van der Waals surface area contributed by atoms with Crippen LogP contribution in [0.1, 0.15) is 27.7 Å². The highest BCUT2D eigenvalue weighted by Gasteiger charge is 2.13. The van der Waals surface area contributed by atoms with Crippen molar-refractivity contribution >= 4 is 28.7 Å². The third kappa shape index (κ3) is 4.22. The van der Waals surface area contributed by atoms with Gasteiger partial charge in [0.15, 0.2) is 5.70 Å². The molecule has 22 heavy (non-hydrogen) atoms. The highest BCUT2D eigenvalue weighted by atomic mass is 19.1. The number of amides is 1. The number of hydrogen-bond acceptors (Lipinski definition) is 3. The number of nitrogens with one attached hydrogen (secondary N) is 1. The third-order valence-corrected chi connectivity index (χ3v) is 2.68.